The van der Waals surface area contributed by atoms with Crippen LogP contribution in [-0.4, -0.2) is 21.1 Å². The Morgan fingerprint density at radius 2 is 2.24 bits per heavy atom. The number of nitrogens with two attached hydrogens (primary N) is 1. The first-order valence-electron chi connectivity index (χ1n) is 5.87. The SMILES string of the molecule is Nc1ncc(Cl)cc1C(O)CSC1CCCC1. The van der Waals surface area contributed by atoms with Gasteiger partial charge in [0, 0.05) is 22.8 Å². The third-order valence-electron chi connectivity index (χ3n) is 3.07. The second-order valence-electron chi connectivity index (χ2n) is 4.38. The molecule has 0 aliphatic heterocycles. The molecule has 5 heteroatoms. The lowest BCUT2D eigenvalue weighted by Gasteiger charge is -2.15. The Kier molecular flexibility index (Phi) is 4.54. The minimum Gasteiger partial charge on any atom is -0.387 e. The van der Waals surface area contributed by atoms with E-state index in [9.17, 15) is 5.11 Å². The molecule has 3 N–H and O–H groups in total. The molecular formula is C12H17ClN2OS. The van der Waals surface area contributed by atoms with Crippen LogP contribution in [0.3, 0.4) is 0 Å². The number of nitrogen functional groups attached to an aromatic ring is 1. The van der Waals surface area contributed by atoms with Gasteiger partial charge in [-0.25, -0.2) is 4.98 Å². The quantitative estimate of drug-likeness (QED) is 0.885. The van der Waals surface area contributed by atoms with E-state index in [1.807, 2.05) is 11.8 Å². The predicted octanol–water partition coefficient (Wildman–Crippen LogP) is 3.03. The van der Waals surface area contributed by atoms with E-state index in [4.69, 9.17) is 17.3 Å². The lowest BCUT2D eigenvalue weighted by molar-refractivity contribution is 0.204. The summed E-state index contributed by atoms with van der Waals surface area (Å²) in [7, 11) is 0. The number of thioether (sulfide) groups is 1. The van der Waals surface area contributed by atoms with E-state index >= 15 is 0 Å². The first-order chi connectivity index (χ1) is 8.16. The maximum absolute atomic E-state index is 10.1. The number of anilines is 1. The zero-order valence-corrected chi connectivity index (χ0v) is 11.2. The van der Waals surface area contributed by atoms with Gasteiger partial charge in [-0.15, -0.1) is 0 Å². The summed E-state index contributed by atoms with van der Waals surface area (Å²) in [5.41, 5.74) is 6.38. The van der Waals surface area contributed by atoms with Crippen molar-refractivity contribution in [2.24, 2.45) is 0 Å². The molecule has 1 fully saturated rings. The van der Waals surface area contributed by atoms with Gasteiger partial charge in [0.25, 0.3) is 0 Å². The molecule has 0 bridgehead atoms. The van der Waals surface area contributed by atoms with E-state index < -0.39 is 6.10 Å². The third kappa shape index (κ3) is 3.50. The van der Waals surface area contributed by atoms with Crippen LogP contribution in [0.1, 0.15) is 37.4 Å². The summed E-state index contributed by atoms with van der Waals surface area (Å²) in [4.78, 5) is 3.96. The zero-order valence-electron chi connectivity index (χ0n) is 9.60. The van der Waals surface area contributed by atoms with Crippen molar-refractivity contribution in [3.8, 4) is 0 Å². The first kappa shape index (κ1) is 13.0. The van der Waals surface area contributed by atoms with Crippen LogP contribution in [-0.2, 0) is 0 Å². The van der Waals surface area contributed by atoms with Gasteiger partial charge < -0.3 is 10.8 Å². The van der Waals surface area contributed by atoms with Crippen LogP contribution in [0.5, 0.6) is 0 Å². The summed E-state index contributed by atoms with van der Waals surface area (Å²) in [6.07, 6.45) is 6.08. The highest BCUT2D eigenvalue weighted by atomic mass is 35.5. The Balaban J connectivity index is 1.93. The molecule has 1 aliphatic rings. The van der Waals surface area contributed by atoms with Crippen LogP contribution in [0.2, 0.25) is 5.02 Å². The molecule has 1 aromatic rings. The Morgan fingerprint density at radius 3 is 2.94 bits per heavy atom. The van der Waals surface area contributed by atoms with Gasteiger partial charge in [0.15, 0.2) is 0 Å². The lowest BCUT2D eigenvalue weighted by Crippen LogP contribution is -2.08. The Morgan fingerprint density at radius 1 is 1.53 bits per heavy atom. The van der Waals surface area contributed by atoms with Gasteiger partial charge >= 0.3 is 0 Å². The molecule has 2 rings (SSSR count). The summed E-state index contributed by atoms with van der Waals surface area (Å²) in [6.45, 7) is 0. The fraction of sp³-hybridized carbons (Fsp3) is 0.583. The van der Waals surface area contributed by atoms with Gasteiger partial charge in [0.2, 0.25) is 0 Å². The van der Waals surface area contributed by atoms with Crippen molar-refractivity contribution >= 4 is 29.2 Å². The van der Waals surface area contributed by atoms with Crippen molar-refractivity contribution in [1.29, 1.82) is 0 Å². The first-order valence-corrected chi connectivity index (χ1v) is 7.30. The molecule has 0 amide bonds. The maximum Gasteiger partial charge on any atom is 0.129 e. The van der Waals surface area contributed by atoms with Gasteiger partial charge in [-0.3, -0.25) is 0 Å². The average Bonchev–Trinajstić information content (AvgIpc) is 2.82. The molecule has 1 aliphatic carbocycles. The van der Waals surface area contributed by atoms with E-state index in [2.05, 4.69) is 4.98 Å². The Bertz CT molecular complexity index is 383. The number of pyridine rings is 1. The van der Waals surface area contributed by atoms with E-state index in [1.54, 1.807) is 6.07 Å². The van der Waals surface area contributed by atoms with Crippen LogP contribution < -0.4 is 5.73 Å². The molecule has 17 heavy (non-hydrogen) atoms. The smallest absolute Gasteiger partial charge is 0.129 e. The summed E-state index contributed by atoms with van der Waals surface area (Å²) < 4.78 is 0. The van der Waals surface area contributed by atoms with Crippen molar-refractivity contribution in [3.63, 3.8) is 0 Å². The number of hydrogen-bond donors (Lipinski definition) is 2. The van der Waals surface area contributed by atoms with Gasteiger partial charge in [-0.2, -0.15) is 11.8 Å². The van der Waals surface area contributed by atoms with Crippen molar-refractivity contribution in [2.75, 3.05) is 11.5 Å². The van der Waals surface area contributed by atoms with Crippen LogP contribution in [0.25, 0.3) is 0 Å². The lowest BCUT2D eigenvalue weighted by atomic mass is 10.1. The monoisotopic (exact) mass is 272 g/mol. The summed E-state index contributed by atoms with van der Waals surface area (Å²) in [5.74, 6) is 1.03. The van der Waals surface area contributed by atoms with Gasteiger partial charge in [0.05, 0.1) is 11.1 Å². The molecule has 1 heterocycles. The summed E-state index contributed by atoms with van der Waals surface area (Å²) in [5, 5.41) is 11.3. The van der Waals surface area contributed by atoms with E-state index in [0.717, 1.165) is 0 Å². The topological polar surface area (TPSA) is 59.1 Å². The van der Waals surface area contributed by atoms with Crippen molar-refractivity contribution in [2.45, 2.75) is 37.0 Å². The highest BCUT2D eigenvalue weighted by Crippen LogP contribution is 2.33. The van der Waals surface area contributed by atoms with Crippen LogP contribution >= 0.6 is 23.4 Å². The highest BCUT2D eigenvalue weighted by Gasteiger charge is 2.19. The number of halogens is 1. The zero-order chi connectivity index (χ0) is 12.3. The van der Waals surface area contributed by atoms with Gasteiger partial charge in [0.1, 0.15) is 5.82 Å². The minimum absolute atomic E-state index is 0.369. The number of nitrogens with zero attached hydrogens (tertiary/aromatic N) is 1. The second kappa shape index (κ2) is 5.94. The largest absolute Gasteiger partial charge is 0.387 e. The van der Waals surface area contributed by atoms with Crippen LogP contribution in [0.15, 0.2) is 12.3 Å². The number of aromatic nitrogens is 1. The third-order valence-corrected chi connectivity index (χ3v) is 4.72. The van der Waals surface area contributed by atoms with Crippen molar-refractivity contribution in [1.82, 2.24) is 4.98 Å². The maximum atomic E-state index is 10.1. The summed E-state index contributed by atoms with van der Waals surface area (Å²) >= 11 is 7.68. The van der Waals surface area contributed by atoms with Crippen LogP contribution in [0, 0.1) is 0 Å². The second-order valence-corrected chi connectivity index (χ2v) is 6.15. The van der Waals surface area contributed by atoms with E-state index in [1.165, 1.54) is 31.9 Å². The predicted molar refractivity (Wildman–Crippen MR) is 73.3 cm³/mol. The molecule has 1 unspecified atom stereocenters. The minimum atomic E-state index is -0.577. The average molecular weight is 273 g/mol. The Hall–Kier alpha value is -0.450. The van der Waals surface area contributed by atoms with E-state index in [0.29, 0.717) is 27.4 Å². The molecule has 0 aromatic carbocycles. The molecule has 94 valence electrons. The number of hydrogen-bond acceptors (Lipinski definition) is 4. The fourth-order valence-electron chi connectivity index (χ4n) is 2.10. The van der Waals surface area contributed by atoms with Crippen LogP contribution in [0.4, 0.5) is 5.82 Å². The molecular weight excluding hydrogens is 256 g/mol. The number of aliphatic hydroxyl groups excluding tert-OH is 1. The molecule has 3 nitrogen and oxygen atoms in total. The number of aliphatic hydroxyl groups is 1. The molecule has 0 radical (unpaired) electrons. The van der Waals surface area contributed by atoms with E-state index in [-0.39, 0.29) is 0 Å². The normalized spacial score (nSPS) is 18.5. The van der Waals surface area contributed by atoms with Gasteiger partial charge in [-0.1, -0.05) is 24.4 Å². The molecule has 1 saturated carbocycles. The number of rotatable bonds is 4. The molecule has 0 saturated heterocycles. The fourth-order valence-corrected chi connectivity index (χ4v) is 3.57. The molecule has 1 atom stereocenters. The van der Waals surface area contributed by atoms with Gasteiger partial charge in [-0.05, 0) is 18.9 Å². The standard InChI is InChI=1S/C12H17ClN2OS/c13-8-5-10(12(14)15-6-8)11(16)7-17-9-3-1-2-4-9/h5-6,9,11,16H,1-4,7H2,(H2,14,15). The molecule has 1 aromatic heterocycles. The van der Waals surface area contributed by atoms with Crippen molar-refractivity contribution in [3.05, 3.63) is 22.8 Å². The van der Waals surface area contributed by atoms with Crippen molar-refractivity contribution < 1.29 is 5.11 Å². The Labute approximate surface area is 111 Å². The summed E-state index contributed by atoms with van der Waals surface area (Å²) in [6, 6.07) is 1.70. The highest BCUT2D eigenvalue weighted by molar-refractivity contribution is 7.99. The molecule has 0 spiro atoms.